The molecule has 0 saturated carbocycles. The molecule has 0 aliphatic carbocycles. The van der Waals surface area contributed by atoms with Gasteiger partial charge in [-0.2, -0.15) is 0 Å². The van der Waals surface area contributed by atoms with Crippen LogP contribution in [-0.2, 0) is 11.8 Å². The van der Waals surface area contributed by atoms with Crippen LogP contribution in [0, 0.1) is 5.82 Å². The topological polar surface area (TPSA) is 43.3 Å². The largest absolute Gasteiger partial charge is 0.456 e. The molecule has 0 aliphatic heterocycles. The van der Waals surface area contributed by atoms with E-state index >= 15 is 0 Å². The Morgan fingerprint density at radius 2 is 1.61 bits per heavy atom. The normalized spacial score (nSPS) is 11.5. The molecule has 0 saturated heterocycles. The Kier molecular flexibility index (Phi) is 5.27. The maximum Gasteiger partial charge on any atom is 0.340 e. The summed E-state index contributed by atoms with van der Waals surface area (Å²) in [4.78, 5) is 12.8. The molecule has 1 heterocycles. The van der Waals surface area contributed by atoms with Crippen LogP contribution in [-0.4, -0.2) is 16.1 Å². The second kappa shape index (κ2) is 7.91. The fourth-order valence-electron chi connectivity index (χ4n) is 3.49. The second-order valence-electron chi connectivity index (χ2n) is 8.59. The summed E-state index contributed by atoms with van der Waals surface area (Å²) in [6.45, 7) is 5.50. The highest BCUT2D eigenvalue weighted by molar-refractivity contribution is 5.98. The number of esters is 1. The van der Waals surface area contributed by atoms with Crippen LogP contribution in [0.15, 0.2) is 72.9 Å². The number of ether oxygens (including phenoxy) is 1. The van der Waals surface area contributed by atoms with Crippen LogP contribution in [0.25, 0.3) is 22.0 Å². The molecule has 0 aliphatic rings. The average molecular weight is 416 g/mol. The second-order valence-corrected chi connectivity index (χ2v) is 8.59. The lowest BCUT2D eigenvalue weighted by Crippen LogP contribution is -2.24. The molecule has 0 amide bonds. The van der Waals surface area contributed by atoms with E-state index in [1.807, 2.05) is 46.1 Å². The van der Waals surface area contributed by atoms with Gasteiger partial charge in [0.25, 0.3) is 0 Å². The summed E-state index contributed by atoms with van der Waals surface area (Å²) >= 11 is 0. The van der Waals surface area contributed by atoms with Crippen molar-refractivity contribution >= 4 is 28.2 Å². The Labute approximate surface area is 181 Å². The zero-order valence-electron chi connectivity index (χ0n) is 18.1. The van der Waals surface area contributed by atoms with Crippen LogP contribution in [0.3, 0.4) is 0 Å². The van der Waals surface area contributed by atoms with Gasteiger partial charge >= 0.3 is 5.97 Å². The quantitative estimate of drug-likeness (QED) is 0.377. The maximum absolute atomic E-state index is 13.3. The van der Waals surface area contributed by atoms with Crippen molar-refractivity contribution < 1.29 is 13.9 Å². The van der Waals surface area contributed by atoms with Crippen LogP contribution in [0.5, 0.6) is 0 Å². The third kappa shape index (κ3) is 4.61. The first-order valence-corrected chi connectivity index (χ1v) is 10.1. The number of nitrogens with one attached hydrogen (secondary N) is 1. The molecule has 0 fully saturated rings. The Bertz CT molecular complexity index is 1250. The SMILES string of the molecule is Cn1ccc2cc(-c3ccc(C(=O)OC(C)(C)C)c(Nc4ccc(F)cc4)c3)ccc21. The van der Waals surface area contributed by atoms with Crippen molar-refractivity contribution in [2.24, 2.45) is 7.05 Å². The van der Waals surface area contributed by atoms with Gasteiger partial charge in [-0.15, -0.1) is 0 Å². The van der Waals surface area contributed by atoms with E-state index in [1.54, 1.807) is 18.2 Å². The van der Waals surface area contributed by atoms with Crippen LogP contribution < -0.4 is 5.32 Å². The molecule has 3 aromatic carbocycles. The maximum atomic E-state index is 13.3. The lowest BCUT2D eigenvalue weighted by Gasteiger charge is -2.21. The Hall–Kier alpha value is -3.60. The molecule has 158 valence electrons. The number of hydrogen-bond acceptors (Lipinski definition) is 3. The highest BCUT2D eigenvalue weighted by atomic mass is 19.1. The van der Waals surface area contributed by atoms with Gasteiger partial charge in [-0.05, 0) is 86.5 Å². The highest BCUT2D eigenvalue weighted by Crippen LogP contribution is 2.31. The Morgan fingerprint density at radius 1 is 0.935 bits per heavy atom. The van der Waals surface area contributed by atoms with Gasteiger partial charge < -0.3 is 14.6 Å². The van der Waals surface area contributed by atoms with Gasteiger partial charge in [-0.3, -0.25) is 0 Å². The standard InChI is InChI=1S/C26H25FN2O2/c1-26(2,3)31-25(30)22-11-5-18(16-23(22)28-21-9-7-20(27)8-10-21)17-6-12-24-19(15-17)13-14-29(24)4/h5-16,28H,1-4H3. The fraction of sp³-hybridized carbons (Fsp3) is 0.192. The third-order valence-corrected chi connectivity index (χ3v) is 4.98. The number of anilines is 2. The monoisotopic (exact) mass is 416 g/mol. The molecule has 0 spiro atoms. The summed E-state index contributed by atoms with van der Waals surface area (Å²) < 4.78 is 21.0. The smallest absolute Gasteiger partial charge is 0.340 e. The van der Waals surface area contributed by atoms with Gasteiger partial charge in [0.1, 0.15) is 11.4 Å². The van der Waals surface area contributed by atoms with Gasteiger partial charge in [-0.1, -0.05) is 12.1 Å². The molecule has 4 aromatic rings. The number of halogens is 1. The minimum atomic E-state index is -0.610. The summed E-state index contributed by atoms with van der Waals surface area (Å²) in [5.41, 5.74) is 4.25. The Balaban J connectivity index is 1.76. The molecule has 0 atom stereocenters. The molecule has 4 nitrogen and oxygen atoms in total. The first-order valence-electron chi connectivity index (χ1n) is 10.1. The van der Waals surface area contributed by atoms with E-state index in [0.717, 1.165) is 22.0 Å². The molecule has 0 unspecified atom stereocenters. The van der Waals surface area contributed by atoms with E-state index in [2.05, 4.69) is 34.1 Å². The van der Waals surface area contributed by atoms with Crippen molar-refractivity contribution in [1.29, 1.82) is 0 Å². The third-order valence-electron chi connectivity index (χ3n) is 4.98. The van der Waals surface area contributed by atoms with Crippen molar-refractivity contribution in [3.63, 3.8) is 0 Å². The van der Waals surface area contributed by atoms with Crippen molar-refractivity contribution in [3.05, 3.63) is 84.3 Å². The number of carbonyl (C=O) groups is 1. The average Bonchev–Trinajstić information content (AvgIpc) is 3.08. The molecule has 31 heavy (non-hydrogen) atoms. The molecule has 0 bridgehead atoms. The summed E-state index contributed by atoms with van der Waals surface area (Å²) in [6.07, 6.45) is 2.03. The molecule has 0 radical (unpaired) electrons. The lowest BCUT2D eigenvalue weighted by atomic mass is 10.0. The first-order chi connectivity index (χ1) is 14.7. The fourth-order valence-corrected chi connectivity index (χ4v) is 3.49. The minimum absolute atomic E-state index is 0.317. The predicted molar refractivity (Wildman–Crippen MR) is 123 cm³/mol. The van der Waals surface area contributed by atoms with E-state index in [1.165, 1.54) is 12.1 Å². The van der Waals surface area contributed by atoms with Gasteiger partial charge in [0.2, 0.25) is 0 Å². The summed E-state index contributed by atoms with van der Waals surface area (Å²) in [7, 11) is 2.02. The van der Waals surface area contributed by atoms with Crippen LogP contribution >= 0.6 is 0 Å². The van der Waals surface area contributed by atoms with E-state index in [9.17, 15) is 9.18 Å². The Morgan fingerprint density at radius 3 is 2.32 bits per heavy atom. The van der Waals surface area contributed by atoms with E-state index in [0.29, 0.717) is 16.9 Å². The number of benzene rings is 3. The summed E-state index contributed by atoms with van der Waals surface area (Å²) in [5.74, 6) is -0.731. The molecular weight excluding hydrogens is 391 g/mol. The molecule has 1 N–H and O–H groups in total. The zero-order chi connectivity index (χ0) is 22.2. The lowest BCUT2D eigenvalue weighted by molar-refractivity contribution is 0.00707. The number of carbonyl (C=O) groups excluding carboxylic acids is 1. The van der Waals surface area contributed by atoms with E-state index in [4.69, 9.17) is 4.74 Å². The van der Waals surface area contributed by atoms with Crippen molar-refractivity contribution in [3.8, 4) is 11.1 Å². The predicted octanol–water partition coefficient (Wildman–Crippen LogP) is 6.68. The number of rotatable bonds is 4. The van der Waals surface area contributed by atoms with Crippen molar-refractivity contribution in [2.75, 3.05) is 5.32 Å². The highest BCUT2D eigenvalue weighted by Gasteiger charge is 2.21. The van der Waals surface area contributed by atoms with E-state index < -0.39 is 11.6 Å². The number of aryl methyl sites for hydroxylation is 1. The van der Waals surface area contributed by atoms with Crippen LogP contribution in [0.4, 0.5) is 15.8 Å². The minimum Gasteiger partial charge on any atom is -0.456 e. The molecule has 4 rings (SSSR count). The van der Waals surface area contributed by atoms with Gasteiger partial charge in [-0.25, -0.2) is 9.18 Å². The summed E-state index contributed by atoms with van der Waals surface area (Å²) in [5, 5.41) is 4.39. The molecular formula is C26H25FN2O2. The number of aromatic nitrogens is 1. The van der Waals surface area contributed by atoms with Crippen molar-refractivity contribution in [2.45, 2.75) is 26.4 Å². The van der Waals surface area contributed by atoms with Crippen LogP contribution in [0.2, 0.25) is 0 Å². The molecule has 1 aromatic heterocycles. The van der Waals surface area contributed by atoms with Crippen molar-refractivity contribution in [1.82, 2.24) is 4.57 Å². The first kappa shape index (κ1) is 20.7. The molecule has 5 heteroatoms. The van der Waals surface area contributed by atoms with Gasteiger partial charge in [0, 0.05) is 29.8 Å². The van der Waals surface area contributed by atoms with Crippen LogP contribution in [0.1, 0.15) is 31.1 Å². The van der Waals surface area contributed by atoms with Gasteiger partial charge in [0.05, 0.1) is 11.3 Å². The zero-order valence-corrected chi connectivity index (χ0v) is 18.1. The number of hydrogen-bond donors (Lipinski definition) is 1. The van der Waals surface area contributed by atoms with E-state index in [-0.39, 0.29) is 5.82 Å². The number of nitrogens with zero attached hydrogens (tertiary/aromatic N) is 1. The number of fused-ring (bicyclic) bond motifs is 1. The summed E-state index contributed by atoms with van der Waals surface area (Å²) in [6, 6.07) is 20.0. The van der Waals surface area contributed by atoms with Gasteiger partial charge in [0.15, 0.2) is 0 Å².